The smallest absolute Gasteiger partial charge is 0.341 e. The van der Waals surface area contributed by atoms with Gasteiger partial charge in [0.05, 0.1) is 30.3 Å². The van der Waals surface area contributed by atoms with E-state index in [9.17, 15) is 14.4 Å². The highest BCUT2D eigenvalue weighted by atomic mass is 28.3. The highest BCUT2D eigenvalue weighted by Crippen LogP contribution is 2.31. The lowest BCUT2D eigenvalue weighted by Crippen LogP contribution is -2.47. The number of Topliss-reactive ketones (excluding diaryl/α,β-unsaturated/α-hetero) is 1. The van der Waals surface area contributed by atoms with Crippen LogP contribution in [0.2, 0.25) is 25.7 Å². The van der Waals surface area contributed by atoms with Crippen molar-refractivity contribution in [2.24, 2.45) is 10.9 Å². The van der Waals surface area contributed by atoms with Crippen LogP contribution in [-0.4, -0.2) is 50.8 Å². The maximum Gasteiger partial charge on any atom is 0.341 e. The first-order valence-electron chi connectivity index (χ1n) is 11.1. The average molecular weight is 447 g/mol. The minimum absolute atomic E-state index is 0.0303. The largest absolute Gasteiger partial charge is 0.465 e. The van der Waals surface area contributed by atoms with Crippen molar-refractivity contribution in [3.05, 3.63) is 32.7 Å². The summed E-state index contributed by atoms with van der Waals surface area (Å²) in [6.45, 7) is 9.60. The fourth-order valence-electron chi connectivity index (χ4n) is 4.29. The zero-order chi connectivity index (χ0) is 22.8. The molecule has 1 aliphatic carbocycles. The minimum Gasteiger partial charge on any atom is -0.465 e. The van der Waals surface area contributed by atoms with Gasteiger partial charge >= 0.3 is 5.97 Å². The Balaban J connectivity index is 1.87. The van der Waals surface area contributed by atoms with E-state index in [2.05, 4.69) is 24.6 Å². The molecule has 2 heterocycles. The van der Waals surface area contributed by atoms with Gasteiger partial charge in [-0.1, -0.05) is 19.6 Å². The number of ketones is 1. The number of esters is 1. The third-order valence-electron chi connectivity index (χ3n) is 6.25. The molecule has 2 aliphatic rings. The Morgan fingerprint density at radius 3 is 2.45 bits per heavy atom. The van der Waals surface area contributed by atoms with E-state index in [0.717, 1.165) is 31.7 Å². The maximum absolute atomic E-state index is 13.3. The molecule has 7 nitrogen and oxygen atoms in total. The van der Waals surface area contributed by atoms with Gasteiger partial charge in [-0.15, -0.1) is 0 Å². The lowest BCUT2D eigenvalue weighted by Gasteiger charge is -2.28. The standard InChI is InChI=1S/C23H34N2O5Si/c1-15(26)16-6-8-18(9-7-16)25-13-20(23(28)29-2)21-19(22(25)27)12-17(24-21)14-30-10-11-31(3,4)5/h12-13,16-18H,6-11,14H2,1-5H3. The van der Waals surface area contributed by atoms with E-state index in [1.165, 1.54) is 7.11 Å². The van der Waals surface area contributed by atoms with Gasteiger partial charge < -0.3 is 14.0 Å². The van der Waals surface area contributed by atoms with Crippen LogP contribution in [0.4, 0.5) is 0 Å². The monoisotopic (exact) mass is 446 g/mol. The minimum atomic E-state index is -1.18. The molecule has 0 radical (unpaired) electrons. The summed E-state index contributed by atoms with van der Waals surface area (Å²) in [5.74, 6) is -0.223. The lowest BCUT2D eigenvalue weighted by molar-refractivity contribution is -0.121. The van der Waals surface area contributed by atoms with Gasteiger partial charge in [0.15, 0.2) is 0 Å². The topological polar surface area (TPSA) is 87.0 Å². The number of aromatic nitrogens is 1. The third kappa shape index (κ3) is 5.60. The van der Waals surface area contributed by atoms with Crippen molar-refractivity contribution in [3.8, 4) is 0 Å². The second-order valence-electron chi connectivity index (χ2n) is 9.87. The number of ether oxygens (including phenoxy) is 2. The van der Waals surface area contributed by atoms with Crippen molar-refractivity contribution in [3.63, 3.8) is 0 Å². The average Bonchev–Trinajstić information content (AvgIpc) is 3.15. The first-order valence-corrected chi connectivity index (χ1v) is 14.8. The molecule has 170 valence electrons. The van der Waals surface area contributed by atoms with Gasteiger partial charge in [-0.05, 0) is 44.7 Å². The molecule has 0 spiro atoms. The molecular weight excluding hydrogens is 412 g/mol. The highest BCUT2D eigenvalue weighted by Gasteiger charge is 2.28. The van der Waals surface area contributed by atoms with Gasteiger partial charge in [0.25, 0.3) is 5.56 Å². The molecule has 0 amide bonds. The molecule has 1 unspecified atom stereocenters. The van der Waals surface area contributed by atoms with Crippen LogP contribution in [0, 0.1) is 5.92 Å². The van der Waals surface area contributed by atoms with Crippen LogP contribution in [-0.2, 0) is 14.3 Å². The summed E-state index contributed by atoms with van der Waals surface area (Å²) in [6.07, 6.45) is 6.42. The molecule has 31 heavy (non-hydrogen) atoms. The molecule has 0 bridgehead atoms. The predicted octanol–water partition coefficient (Wildman–Crippen LogP) is 2.09. The first-order chi connectivity index (χ1) is 14.6. The fourth-order valence-corrected chi connectivity index (χ4v) is 5.04. The van der Waals surface area contributed by atoms with E-state index in [0.29, 0.717) is 29.4 Å². The first kappa shape index (κ1) is 23.6. The van der Waals surface area contributed by atoms with E-state index >= 15 is 0 Å². The van der Waals surface area contributed by atoms with Crippen LogP contribution < -0.4 is 16.1 Å². The maximum atomic E-state index is 13.3. The summed E-state index contributed by atoms with van der Waals surface area (Å²) >= 11 is 0. The van der Waals surface area contributed by atoms with Crippen LogP contribution in [0.3, 0.4) is 0 Å². The van der Waals surface area contributed by atoms with Gasteiger partial charge in [-0.2, -0.15) is 0 Å². The normalized spacial score (nSPS) is 22.9. The second-order valence-corrected chi connectivity index (χ2v) is 15.5. The molecule has 1 aromatic heterocycles. The number of methoxy groups -OCH3 is 1. The second kappa shape index (κ2) is 9.61. The Morgan fingerprint density at radius 2 is 1.87 bits per heavy atom. The molecule has 1 aliphatic heterocycles. The highest BCUT2D eigenvalue weighted by molar-refractivity contribution is 6.76. The SMILES string of the molecule is COC(=O)c1cn(C2CCC(C(C)=O)CC2)c(=O)c2c1=NC(COCC[Si](C)(C)C)C=2. The van der Waals surface area contributed by atoms with Crippen molar-refractivity contribution in [1.82, 2.24) is 4.57 Å². The number of carbonyl (C=O) groups excluding carboxylic acids is 2. The van der Waals surface area contributed by atoms with Gasteiger partial charge in [-0.25, -0.2) is 4.79 Å². The van der Waals surface area contributed by atoms with E-state index < -0.39 is 14.0 Å². The van der Waals surface area contributed by atoms with Crippen LogP contribution >= 0.6 is 0 Å². The Morgan fingerprint density at radius 1 is 1.19 bits per heavy atom. The number of fused-ring (bicyclic) bond motifs is 1. The van der Waals surface area contributed by atoms with Crippen molar-refractivity contribution in [1.29, 1.82) is 0 Å². The Labute approximate surface area is 184 Å². The van der Waals surface area contributed by atoms with E-state index in [4.69, 9.17) is 9.47 Å². The van der Waals surface area contributed by atoms with Crippen LogP contribution in [0.15, 0.2) is 16.0 Å². The number of hydrogen-bond acceptors (Lipinski definition) is 6. The van der Waals surface area contributed by atoms with Gasteiger partial charge in [0.1, 0.15) is 11.3 Å². The quantitative estimate of drug-likeness (QED) is 0.347. The van der Waals surface area contributed by atoms with Crippen LogP contribution in [0.1, 0.15) is 49.0 Å². The molecular formula is C23H34N2O5Si. The molecule has 0 aromatic carbocycles. The number of rotatable bonds is 8. The number of nitrogens with zero attached hydrogens (tertiary/aromatic N) is 2. The molecule has 8 heteroatoms. The number of carbonyl (C=O) groups is 2. The lowest BCUT2D eigenvalue weighted by atomic mass is 9.83. The summed E-state index contributed by atoms with van der Waals surface area (Å²) in [5, 5.41) is 0.861. The molecule has 1 atom stereocenters. The zero-order valence-electron chi connectivity index (χ0n) is 19.3. The Kier molecular flexibility index (Phi) is 7.31. The van der Waals surface area contributed by atoms with E-state index in [1.807, 2.05) is 6.08 Å². The fraction of sp³-hybridized carbons (Fsp3) is 0.652. The summed E-state index contributed by atoms with van der Waals surface area (Å²) in [6, 6.07) is 0.754. The Bertz CT molecular complexity index is 1020. The van der Waals surface area contributed by atoms with Crippen molar-refractivity contribution in [2.75, 3.05) is 20.3 Å². The molecule has 1 fully saturated rings. The summed E-state index contributed by atoms with van der Waals surface area (Å²) < 4.78 is 12.4. The molecule has 1 saturated carbocycles. The van der Waals surface area contributed by atoms with E-state index in [-0.39, 0.29) is 29.3 Å². The molecule has 1 aromatic rings. The predicted molar refractivity (Wildman–Crippen MR) is 122 cm³/mol. The van der Waals surface area contributed by atoms with Gasteiger partial charge in [0, 0.05) is 32.8 Å². The van der Waals surface area contributed by atoms with E-state index in [1.54, 1.807) is 17.7 Å². The zero-order valence-corrected chi connectivity index (χ0v) is 20.3. The molecule has 3 rings (SSSR count). The van der Waals surface area contributed by atoms with Crippen LogP contribution in [0.5, 0.6) is 0 Å². The third-order valence-corrected chi connectivity index (χ3v) is 7.96. The van der Waals surface area contributed by atoms with Crippen molar-refractivity contribution < 1.29 is 19.1 Å². The molecule has 0 saturated heterocycles. The van der Waals surface area contributed by atoms with Crippen molar-refractivity contribution in [2.45, 2.75) is 70.4 Å². The summed E-state index contributed by atoms with van der Waals surface area (Å²) in [4.78, 5) is 42.0. The summed E-state index contributed by atoms with van der Waals surface area (Å²) in [7, 11) is 0.156. The number of pyridine rings is 1. The van der Waals surface area contributed by atoms with Gasteiger partial charge in [0.2, 0.25) is 0 Å². The Hall–Kier alpha value is -2.06. The van der Waals surface area contributed by atoms with Gasteiger partial charge in [-0.3, -0.25) is 14.6 Å². The number of hydrogen-bond donors (Lipinski definition) is 0. The summed E-state index contributed by atoms with van der Waals surface area (Å²) in [5.41, 5.74) is 0.175. The van der Waals surface area contributed by atoms with Crippen LogP contribution in [0.25, 0.3) is 6.08 Å². The van der Waals surface area contributed by atoms with Crippen molar-refractivity contribution >= 4 is 25.9 Å². The molecule has 0 N–H and O–H groups in total.